The fraction of sp³-hybridized carbons (Fsp3) is 0.195. The number of aliphatic hydroxyl groups excluding tert-OH is 1. The summed E-state index contributed by atoms with van der Waals surface area (Å²) in [6.45, 7) is 2.41. The second-order valence-corrected chi connectivity index (χ2v) is 12.6. The van der Waals surface area contributed by atoms with E-state index in [4.69, 9.17) is 0 Å². The van der Waals surface area contributed by atoms with E-state index in [1.807, 2.05) is 103 Å². The summed E-state index contributed by atoms with van der Waals surface area (Å²) in [6, 6.07) is 36.0. The van der Waals surface area contributed by atoms with Crippen LogP contribution in [0.3, 0.4) is 0 Å². The lowest BCUT2D eigenvalue weighted by molar-refractivity contribution is -0.139. The third-order valence-corrected chi connectivity index (χ3v) is 9.57. The van der Waals surface area contributed by atoms with Crippen molar-refractivity contribution >= 4 is 45.6 Å². The minimum atomic E-state index is -1.96. The van der Waals surface area contributed by atoms with Gasteiger partial charge in [0.15, 0.2) is 5.60 Å². The highest BCUT2D eigenvalue weighted by Gasteiger charge is 2.53. The Morgan fingerprint density at radius 1 is 0.857 bits per heavy atom. The molecule has 246 valence electrons. The summed E-state index contributed by atoms with van der Waals surface area (Å²) in [5, 5.41) is 23.9. The van der Waals surface area contributed by atoms with E-state index in [0.29, 0.717) is 29.0 Å². The number of hydrogen-bond donors (Lipinski definition) is 2. The largest absolute Gasteiger partial charge is 0.395 e. The van der Waals surface area contributed by atoms with Crippen LogP contribution in [0, 0.1) is 5.92 Å². The van der Waals surface area contributed by atoms with Crippen LogP contribution in [0.15, 0.2) is 127 Å². The summed E-state index contributed by atoms with van der Waals surface area (Å²) in [5.41, 5.74) is 2.77. The van der Waals surface area contributed by atoms with Gasteiger partial charge in [0, 0.05) is 42.1 Å². The summed E-state index contributed by atoms with van der Waals surface area (Å²) >= 11 is 0. The van der Waals surface area contributed by atoms with Crippen molar-refractivity contribution in [3.05, 3.63) is 150 Å². The van der Waals surface area contributed by atoms with Gasteiger partial charge in [0.25, 0.3) is 11.8 Å². The molecular formula is C41H37N3O5. The Morgan fingerprint density at radius 3 is 2.27 bits per heavy atom. The summed E-state index contributed by atoms with van der Waals surface area (Å²) < 4.78 is 0. The molecule has 0 spiro atoms. The first-order valence-electron chi connectivity index (χ1n) is 16.5. The van der Waals surface area contributed by atoms with Gasteiger partial charge in [-0.2, -0.15) is 0 Å². The Balaban J connectivity index is 1.21. The van der Waals surface area contributed by atoms with Crippen molar-refractivity contribution in [1.82, 2.24) is 4.90 Å². The van der Waals surface area contributed by atoms with E-state index in [1.54, 1.807) is 45.9 Å². The summed E-state index contributed by atoms with van der Waals surface area (Å²) in [6.07, 6.45) is 3.42. The smallest absolute Gasteiger partial charge is 0.264 e. The number of hydrogen-bond acceptors (Lipinski definition) is 5. The number of amides is 3. The minimum absolute atomic E-state index is 0.0343. The monoisotopic (exact) mass is 651 g/mol. The number of rotatable bonds is 11. The van der Waals surface area contributed by atoms with Crippen molar-refractivity contribution in [3.63, 3.8) is 0 Å². The summed E-state index contributed by atoms with van der Waals surface area (Å²) in [7, 11) is 0. The molecule has 0 unspecified atom stereocenters. The number of fused-ring (bicyclic) bond motifs is 1. The van der Waals surface area contributed by atoms with E-state index in [2.05, 4.69) is 0 Å². The lowest BCUT2D eigenvalue weighted by atomic mass is 9.82. The number of aliphatic hydroxyl groups is 2. The van der Waals surface area contributed by atoms with Crippen molar-refractivity contribution in [3.8, 4) is 0 Å². The van der Waals surface area contributed by atoms with Gasteiger partial charge in [-0.25, -0.2) is 0 Å². The zero-order chi connectivity index (χ0) is 34.1. The van der Waals surface area contributed by atoms with Gasteiger partial charge in [-0.3, -0.25) is 19.3 Å². The molecule has 0 aliphatic carbocycles. The van der Waals surface area contributed by atoms with Crippen LogP contribution in [-0.4, -0.2) is 46.0 Å². The quantitative estimate of drug-likeness (QED) is 0.160. The van der Waals surface area contributed by atoms with Crippen LogP contribution in [-0.2, 0) is 28.3 Å². The van der Waals surface area contributed by atoms with Crippen LogP contribution in [0.2, 0.25) is 0 Å². The van der Waals surface area contributed by atoms with Gasteiger partial charge in [0.2, 0.25) is 5.91 Å². The maximum absolute atomic E-state index is 14.3. The molecule has 0 saturated heterocycles. The zero-order valence-corrected chi connectivity index (χ0v) is 27.2. The third kappa shape index (κ3) is 5.69. The van der Waals surface area contributed by atoms with Crippen LogP contribution in [0.1, 0.15) is 40.4 Å². The molecule has 2 heterocycles. The predicted octanol–water partition coefficient (Wildman–Crippen LogP) is 6.47. The molecule has 8 heteroatoms. The fourth-order valence-corrected chi connectivity index (χ4v) is 7.03. The van der Waals surface area contributed by atoms with E-state index in [1.165, 1.54) is 0 Å². The normalized spacial score (nSPS) is 17.3. The molecule has 8 nitrogen and oxygen atoms in total. The number of carbonyl (C=O) groups is 3. The number of benzene rings is 5. The highest BCUT2D eigenvalue weighted by Crippen LogP contribution is 2.49. The average Bonchev–Trinajstić information content (AvgIpc) is 3.53. The Morgan fingerprint density at radius 2 is 1.55 bits per heavy atom. The number of nitrogens with zero attached hydrogens (tertiary/aromatic N) is 3. The van der Waals surface area contributed by atoms with Crippen LogP contribution in [0.25, 0.3) is 10.8 Å². The average molecular weight is 652 g/mol. The molecule has 0 aromatic heterocycles. The fourth-order valence-electron chi connectivity index (χ4n) is 7.03. The van der Waals surface area contributed by atoms with Crippen LogP contribution < -0.4 is 9.80 Å². The van der Waals surface area contributed by atoms with Gasteiger partial charge in [0.1, 0.15) is 0 Å². The zero-order valence-electron chi connectivity index (χ0n) is 27.2. The maximum Gasteiger partial charge on any atom is 0.264 e. The topological polar surface area (TPSA) is 101 Å². The highest BCUT2D eigenvalue weighted by molar-refractivity contribution is 6.28. The SMILES string of the molecule is C[C@@H](/C=C/CC(=O)N(CCO)Cc1ccccc1)[C@]1(O)C(=O)N(Cc2ccccc2)c2ccc(N3C(=O)c4cccc5cccc3c45)cc21. The molecule has 5 aromatic carbocycles. The molecule has 2 atom stereocenters. The summed E-state index contributed by atoms with van der Waals surface area (Å²) in [4.78, 5) is 46.1. The van der Waals surface area contributed by atoms with Crippen molar-refractivity contribution in [1.29, 1.82) is 0 Å². The van der Waals surface area contributed by atoms with Gasteiger partial charge in [-0.05, 0) is 46.8 Å². The molecule has 2 aliphatic heterocycles. The molecule has 0 radical (unpaired) electrons. The van der Waals surface area contributed by atoms with Gasteiger partial charge < -0.3 is 20.0 Å². The lowest BCUT2D eigenvalue weighted by Gasteiger charge is -2.28. The first kappa shape index (κ1) is 32.0. The molecule has 0 bridgehead atoms. The van der Waals surface area contributed by atoms with Crippen LogP contribution in [0.4, 0.5) is 17.1 Å². The van der Waals surface area contributed by atoms with Crippen molar-refractivity contribution in [2.45, 2.75) is 32.0 Å². The van der Waals surface area contributed by atoms with E-state index < -0.39 is 17.4 Å². The maximum atomic E-state index is 14.3. The molecule has 2 aliphatic rings. The van der Waals surface area contributed by atoms with Crippen molar-refractivity contribution < 1.29 is 24.6 Å². The second kappa shape index (κ2) is 13.1. The number of carbonyl (C=O) groups excluding carboxylic acids is 3. The Hall–Kier alpha value is -5.57. The van der Waals surface area contributed by atoms with E-state index in [9.17, 15) is 24.6 Å². The molecule has 0 fully saturated rings. The van der Waals surface area contributed by atoms with E-state index >= 15 is 0 Å². The molecular weight excluding hydrogens is 614 g/mol. The molecule has 3 amide bonds. The third-order valence-electron chi connectivity index (χ3n) is 9.57. The number of anilines is 3. The van der Waals surface area contributed by atoms with Crippen molar-refractivity contribution in [2.75, 3.05) is 23.0 Å². The minimum Gasteiger partial charge on any atom is -0.395 e. The Bertz CT molecular complexity index is 2070. The predicted molar refractivity (Wildman–Crippen MR) is 190 cm³/mol. The first-order chi connectivity index (χ1) is 23.8. The van der Waals surface area contributed by atoms with E-state index in [0.717, 1.165) is 27.6 Å². The standard InChI is InChI=1S/C41H37N3O5/c1-28(11-8-20-37(46)42(23-24-45)26-29-12-4-2-5-13-29)41(49)34-25-32(21-22-35(34)43(40(41)48)27-30-14-6-3-7-15-30)44-36-19-10-17-31-16-9-18-33(38(31)36)39(44)47/h2-19,21-22,25,28,45,49H,20,23-24,26-27H2,1H3/b11-8+/t28-,41+/m0/s1. The first-order valence-corrected chi connectivity index (χ1v) is 16.5. The van der Waals surface area contributed by atoms with E-state index in [-0.39, 0.29) is 37.9 Å². The molecule has 5 aromatic rings. The molecule has 2 N–H and O–H groups in total. The van der Waals surface area contributed by atoms with Gasteiger partial charge in [0.05, 0.1) is 30.1 Å². The van der Waals surface area contributed by atoms with Gasteiger partial charge >= 0.3 is 0 Å². The van der Waals surface area contributed by atoms with Gasteiger partial charge in [-0.15, -0.1) is 0 Å². The van der Waals surface area contributed by atoms with Crippen molar-refractivity contribution in [2.24, 2.45) is 5.92 Å². The molecule has 7 rings (SSSR count). The Labute approximate surface area is 285 Å². The van der Waals surface area contributed by atoms with Gasteiger partial charge in [-0.1, -0.05) is 104 Å². The second-order valence-electron chi connectivity index (χ2n) is 12.6. The summed E-state index contributed by atoms with van der Waals surface area (Å²) in [5.74, 6) is -1.55. The Kier molecular flexibility index (Phi) is 8.59. The highest BCUT2D eigenvalue weighted by atomic mass is 16.3. The van der Waals surface area contributed by atoms with Crippen LogP contribution >= 0.6 is 0 Å². The molecule has 49 heavy (non-hydrogen) atoms. The van der Waals surface area contributed by atoms with Crippen LogP contribution in [0.5, 0.6) is 0 Å². The lowest BCUT2D eigenvalue weighted by Crippen LogP contribution is -2.44. The molecule has 0 saturated carbocycles.